The number of rotatable bonds is 2. The molecule has 1 aromatic rings. The minimum absolute atomic E-state index is 0.139. The van der Waals surface area contributed by atoms with Gasteiger partial charge in [-0.25, -0.2) is 8.42 Å². The van der Waals surface area contributed by atoms with E-state index in [1.807, 2.05) is 13.8 Å². The molecule has 0 aromatic heterocycles. The number of benzene rings is 1. The molecule has 0 bridgehead atoms. The third-order valence-electron chi connectivity index (χ3n) is 3.15. The van der Waals surface area contributed by atoms with Crippen molar-refractivity contribution < 1.29 is 8.42 Å². The highest BCUT2D eigenvalue weighted by atomic mass is 35.5. The lowest BCUT2D eigenvalue weighted by molar-refractivity contribution is 0.186. The molecule has 2 rings (SSSR count). The lowest BCUT2D eigenvalue weighted by Gasteiger charge is -2.41. The van der Waals surface area contributed by atoms with Crippen LogP contribution in [0.2, 0.25) is 10.0 Å². The SMILES string of the molecule is CC1(C)CNCCN1S(=O)(=O)c1cc(Cl)cc(Cl)c1. The largest absolute Gasteiger partial charge is 0.314 e. The summed E-state index contributed by atoms with van der Waals surface area (Å²) in [5.74, 6) is 0. The Morgan fingerprint density at radius 3 is 2.32 bits per heavy atom. The highest BCUT2D eigenvalue weighted by Gasteiger charge is 2.39. The fourth-order valence-corrected chi connectivity index (χ4v) is 4.72. The highest BCUT2D eigenvalue weighted by Crippen LogP contribution is 2.29. The molecule has 1 fully saturated rings. The Labute approximate surface area is 123 Å². The summed E-state index contributed by atoms with van der Waals surface area (Å²) in [6, 6.07) is 4.38. The van der Waals surface area contributed by atoms with E-state index in [0.717, 1.165) is 0 Å². The Bertz CT molecular complexity index is 567. The normalized spacial score (nSPS) is 20.4. The predicted molar refractivity (Wildman–Crippen MR) is 77.3 cm³/mol. The van der Waals surface area contributed by atoms with Gasteiger partial charge in [-0.1, -0.05) is 23.2 Å². The van der Waals surface area contributed by atoms with Crippen molar-refractivity contribution in [3.8, 4) is 0 Å². The molecule has 4 nitrogen and oxygen atoms in total. The molecule has 0 saturated carbocycles. The molecule has 19 heavy (non-hydrogen) atoms. The van der Waals surface area contributed by atoms with Crippen molar-refractivity contribution in [1.82, 2.24) is 9.62 Å². The van der Waals surface area contributed by atoms with E-state index in [2.05, 4.69) is 5.32 Å². The first-order chi connectivity index (χ1) is 8.73. The van der Waals surface area contributed by atoms with E-state index in [0.29, 0.717) is 29.7 Å². The van der Waals surface area contributed by atoms with Gasteiger partial charge in [-0.2, -0.15) is 4.31 Å². The number of hydrogen-bond donors (Lipinski definition) is 1. The monoisotopic (exact) mass is 322 g/mol. The topological polar surface area (TPSA) is 49.4 Å². The quantitative estimate of drug-likeness (QED) is 0.909. The molecule has 0 radical (unpaired) electrons. The van der Waals surface area contributed by atoms with Crippen LogP contribution < -0.4 is 5.32 Å². The minimum atomic E-state index is -3.59. The van der Waals surface area contributed by atoms with Gasteiger partial charge >= 0.3 is 0 Å². The third-order valence-corrected chi connectivity index (χ3v) is 5.67. The fourth-order valence-electron chi connectivity index (χ4n) is 2.22. The van der Waals surface area contributed by atoms with Crippen molar-refractivity contribution in [3.63, 3.8) is 0 Å². The van der Waals surface area contributed by atoms with Gasteiger partial charge in [-0.3, -0.25) is 0 Å². The standard InChI is InChI=1S/C12H16Cl2N2O2S/c1-12(2)8-15-3-4-16(12)19(17,18)11-6-9(13)5-10(14)7-11/h5-7,15H,3-4,8H2,1-2H3. The molecule has 1 saturated heterocycles. The fraction of sp³-hybridized carbons (Fsp3) is 0.500. The summed E-state index contributed by atoms with van der Waals surface area (Å²) in [6.45, 7) is 5.46. The van der Waals surface area contributed by atoms with Crippen LogP contribution >= 0.6 is 23.2 Å². The first kappa shape index (κ1) is 15.1. The zero-order chi connectivity index (χ0) is 14.3. The molecule has 0 aliphatic carbocycles. The first-order valence-electron chi connectivity index (χ1n) is 5.93. The van der Waals surface area contributed by atoms with E-state index in [4.69, 9.17) is 23.2 Å². The highest BCUT2D eigenvalue weighted by molar-refractivity contribution is 7.89. The predicted octanol–water partition coefficient (Wildman–Crippen LogP) is 2.37. The summed E-state index contributed by atoms with van der Waals surface area (Å²) in [4.78, 5) is 0.139. The second-order valence-electron chi connectivity index (χ2n) is 5.17. The molecular formula is C12H16Cl2N2O2S. The Hall–Kier alpha value is -0.330. The molecule has 1 aromatic carbocycles. The van der Waals surface area contributed by atoms with Gasteiger partial charge in [0, 0.05) is 35.2 Å². The summed E-state index contributed by atoms with van der Waals surface area (Å²) in [5.41, 5.74) is -0.480. The maximum Gasteiger partial charge on any atom is 0.243 e. The van der Waals surface area contributed by atoms with Crippen molar-refractivity contribution >= 4 is 33.2 Å². The van der Waals surface area contributed by atoms with Crippen molar-refractivity contribution in [1.29, 1.82) is 0 Å². The Morgan fingerprint density at radius 2 is 1.79 bits per heavy atom. The maximum atomic E-state index is 12.7. The first-order valence-corrected chi connectivity index (χ1v) is 8.13. The summed E-state index contributed by atoms with van der Waals surface area (Å²) in [7, 11) is -3.59. The van der Waals surface area contributed by atoms with Crippen LogP contribution in [0, 0.1) is 0 Å². The van der Waals surface area contributed by atoms with Gasteiger partial charge in [0.25, 0.3) is 0 Å². The van der Waals surface area contributed by atoms with Crippen LogP contribution in [-0.2, 0) is 10.0 Å². The van der Waals surface area contributed by atoms with Gasteiger partial charge in [0.05, 0.1) is 4.90 Å². The van der Waals surface area contributed by atoms with Gasteiger partial charge in [0.15, 0.2) is 0 Å². The molecule has 1 N–H and O–H groups in total. The van der Waals surface area contributed by atoms with Gasteiger partial charge < -0.3 is 5.32 Å². The van der Waals surface area contributed by atoms with Crippen LogP contribution in [0.5, 0.6) is 0 Å². The zero-order valence-corrected chi connectivity index (χ0v) is 13.1. The summed E-state index contributed by atoms with van der Waals surface area (Å²) in [5, 5.41) is 3.83. The van der Waals surface area contributed by atoms with E-state index < -0.39 is 15.6 Å². The van der Waals surface area contributed by atoms with Crippen LogP contribution in [0.15, 0.2) is 23.1 Å². The smallest absolute Gasteiger partial charge is 0.243 e. The van der Waals surface area contributed by atoms with Gasteiger partial charge in [-0.15, -0.1) is 0 Å². The number of hydrogen-bond acceptors (Lipinski definition) is 3. The molecule has 1 heterocycles. The number of halogens is 2. The third kappa shape index (κ3) is 3.06. The number of sulfonamides is 1. The molecular weight excluding hydrogens is 307 g/mol. The van der Waals surface area contributed by atoms with Crippen LogP contribution in [0.3, 0.4) is 0 Å². The second-order valence-corrected chi connectivity index (χ2v) is 7.91. The molecule has 1 aliphatic rings. The van der Waals surface area contributed by atoms with E-state index >= 15 is 0 Å². The van der Waals surface area contributed by atoms with E-state index in [-0.39, 0.29) is 4.90 Å². The summed E-state index contributed by atoms with van der Waals surface area (Å²) in [6.07, 6.45) is 0. The number of nitrogens with one attached hydrogen (secondary N) is 1. The Morgan fingerprint density at radius 1 is 1.21 bits per heavy atom. The average molecular weight is 323 g/mol. The molecule has 0 amide bonds. The molecule has 0 spiro atoms. The van der Waals surface area contributed by atoms with Crippen LogP contribution in [0.1, 0.15) is 13.8 Å². The minimum Gasteiger partial charge on any atom is -0.314 e. The Balaban J connectivity index is 2.47. The van der Waals surface area contributed by atoms with Crippen LogP contribution in [0.25, 0.3) is 0 Å². The van der Waals surface area contributed by atoms with Gasteiger partial charge in [-0.05, 0) is 32.0 Å². The molecule has 0 unspecified atom stereocenters. The van der Waals surface area contributed by atoms with Crippen molar-refractivity contribution in [2.24, 2.45) is 0 Å². The second kappa shape index (κ2) is 5.22. The van der Waals surface area contributed by atoms with E-state index in [9.17, 15) is 8.42 Å². The molecule has 1 aliphatic heterocycles. The number of nitrogens with zero attached hydrogens (tertiary/aromatic N) is 1. The van der Waals surface area contributed by atoms with Crippen molar-refractivity contribution in [2.75, 3.05) is 19.6 Å². The van der Waals surface area contributed by atoms with Gasteiger partial charge in [0.2, 0.25) is 10.0 Å². The molecule has 7 heteroatoms. The Kier molecular flexibility index (Phi) is 4.14. The molecule has 0 atom stereocenters. The van der Waals surface area contributed by atoms with Crippen molar-refractivity contribution in [2.45, 2.75) is 24.3 Å². The van der Waals surface area contributed by atoms with Crippen LogP contribution in [-0.4, -0.2) is 37.9 Å². The lowest BCUT2D eigenvalue weighted by Crippen LogP contribution is -2.59. The molecule has 106 valence electrons. The van der Waals surface area contributed by atoms with Crippen LogP contribution in [0.4, 0.5) is 0 Å². The lowest BCUT2D eigenvalue weighted by atomic mass is 10.0. The number of piperazine rings is 1. The average Bonchev–Trinajstić information content (AvgIpc) is 2.26. The van der Waals surface area contributed by atoms with E-state index in [1.165, 1.54) is 22.5 Å². The maximum absolute atomic E-state index is 12.7. The summed E-state index contributed by atoms with van der Waals surface area (Å²) >= 11 is 11.8. The van der Waals surface area contributed by atoms with Crippen molar-refractivity contribution in [3.05, 3.63) is 28.2 Å². The summed E-state index contributed by atoms with van der Waals surface area (Å²) < 4.78 is 26.9. The van der Waals surface area contributed by atoms with Gasteiger partial charge in [0.1, 0.15) is 0 Å². The van der Waals surface area contributed by atoms with E-state index in [1.54, 1.807) is 0 Å². The zero-order valence-electron chi connectivity index (χ0n) is 10.8.